The quantitative estimate of drug-likeness (QED) is 0.429. The maximum absolute atomic E-state index is 14.2. The number of ether oxygens (including phenoxy) is 1. The molecule has 0 aliphatic heterocycles. The molecule has 0 unspecified atom stereocenters. The number of aromatic nitrogens is 5. The number of rotatable bonds is 5. The molecule has 4 rings (SSSR count). The minimum Gasteiger partial charge on any atom is -0.450 e. The van der Waals surface area contributed by atoms with Gasteiger partial charge in [0, 0.05) is 12.5 Å². The van der Waals surface area contributed by atoms with E-state index >= 15 is 0 Å². The summed E-state index contributed by atoms with van der Waals surface area (Å²) in [5.41, 5.74) is 13.2. The Morgan fingerprint density at radius 2 is 1.91 bits per heavy atom. The zero-order valence-electron chi connectivity index (χ0n) is 16.8. The minimum absolute atomic E-state index is 0.0282. The Kier molecular flexibility index (Phi) is 5.50. The molecule has 164 valence electrons. The summed E-state index contributed by atoms with van der Waals surface area (Å²) in [6.45, 7) is 1.79. The Bertz CT molecular complexity index is 1300. The number of pyridine rings is 1. The van der Waals surface area contributed by atoms with Gasteiger partial charge in [-0.3, -0.25) is 5.32 Å². The molecular formula is C20H18F2N8O2. The molecule has 0 aliphatic carbocycles. The van der Waals surface area contributed by atoms with Crippen molar-refractivity contribution in [1.82, 2.24) is 24.7 Å². The van der Waals surface area contributed by atoms with E-state index in [0.717, 1.165) is 6.20 Å². The first-order valence-corrected chi connectivity index (χ1v) is 9.51. The first-order valence-electron chi connectivity index (χ1n) is 9.51. The number of nitrogens with one attached hydrogen (secondary N) is 1. The lowest BCUT2D eigenvalue weighted by molar-refractivity contribution is 0.168. The van der Waals surface area contributed by atoms with Gasteiger partial charge in [-0.1, -0.05) is 18.2 Å². The summed E-state index contributed by atoms with van der Waals surface area (Å²) in [5, 5.41) is 6.78. The van der Waals surface area contributed by atoms with Crippen LogP contribution in [0, 0.1) is 11.6 Å². The third-order valence-electron chi connectivity index (χ3n) is 4.52. The predicted molar refractivity (Wildman–Crippen MR) is 113 cm³/mol. The molecule has 1 aromatic carbocycles. The van der Waals surface area contributed by atoms with Crippen molar-refractivity contribution < 1.29 is 18.3 Å². The van der Waals surface area contributed by atoms with Gasteiger partial charge < -0.3 is 16.2 Å². The smallest absolute Gasteiger partial charge is 0.411 e. The van der Waals surface area contributed by atoms with Crippen LogP contribution in [-0.4, -0.2) is 37.4 Å². The van der Waals surface area contributed by atoms with Crippen LogP contribution in [0.25, 0.3) is 17.0 Å². The van der Waals surface area contributed by atoms with Gasteiger partial charge in [-0.05, 0) is 18.6 Å². The van der Waals surface area contributed by atoms with Crippen molar-refractivity contribution in [3.05, 3.63) is 59.4 Å². The normalized spacial score (nSPS) is 11.0. The van der Waals surface area contributed by atoms with Crippen LogP contribution >= 0.6 is 0 Å². The van der Waals surface area contributed by atoms with Gasteiger partial charge in [-0.25, -0.2) is 18.6 Å². The molecule has 5 N–H and O–H groups in total. The van der Waals surface area contributed by atoms with Crippen molar-refractivity contribution in [1.29, 1.82) is 0 Å². The van der Waals surface area contributed by atoms with Gasteiger partial charge in [0.25, 0.3) is 5.95 Å². The number of nitrogen functional groups attached to an aromatic ring is 2. The molecule has 12 heteroatoms. The van der Waals surface area contributed by atoms with E-state index < -0.39 is 17.7 Å². The van der Waals surface area contributed by atoms with Crippen LogP contribution < -0.4 is 16.8 Å². The minimum atomic E-state index is -0.773. The second-order valence-electron chi connectivity index (χ2n) is 6.66. The van der Waals surface area contributed by atoms with E-state index in [1.165, 1.54) is 16.8 Å². The third-order valence-corrected chi connectivity index (χ3v) is 4.52. The van der Waals surface area contributed by atoms with E-state index in [1.807, 2.05) is 0 Å². The third kappa shape index (κ3) is 3.97. The molecule has 4 aromatic rings. The van der Waals surface area contributed by atoms with Crippen LogP contribution in [0.1, 0.15) is 18.2 Å². The van der Waals surface area contributed by atoms with Gasteiger partial charge in [-0.15, -0.1) is 0 Å². The van der Waals surface area contributed by atoms with E-state index in [2.05, 4.69) is 25.4 Å². The van der Waals surface area contributed by atoms with Gasteiger partial charge in [0.2, 0.25) is 0 Å². The van der Waals surface area contributed by atoms with Crippen LogP contribution in [0.4, 0.5) is 30.9 Å². The largest absolute Gasteiger partial charge is 0.450 e. The second kappa shape index (κ2) is 8.41. The fourth-order valence-electron chi connectivity index (χ4n) is 3.10. The van der Waals surface area contributed by atoms with E-state index in [-0.39, 0.29) is 41.8 Å². The van der Waals surface area contributed by atoms with Crippen LogP contribution in [0.3, 0.4) is 0 Å². The maximum atomic E-state index is 14.2. The summed E-state index contributed by atoms with van der Waals surface area (Å²) in [7, 11) is 0. The Labute approximate surface area is 180 Å². The van der Waals surface area contributed by atoms with Gasteiger partial charge in [0.05, 0.1) is 24.0 Å². The fraction of sp³-hybridized carbons (Fsp3) is 0.150. The number of halogens is 2. The van der Waals surface area contributed by atoms with Crippen molar-refractivity contribution in [3.8, 4) is 5.95 Å². The predicted octanol–water partition coefficient (Wildman–Crippen LogP) is 2.81. The maximum Gasteiger partial charge on any atom is 0.411 e. The van der Waals surface area contributed by atoms with E-state index in [4.69, 9.17) is 16.2 Å². The average molecular weight is 440 g/mol. The first kappa shape index (κ1) is 20.9. The molecule has 0 radical (unpaired) electrons. The van der Waals surface area contributed by atoms with Crippen molar-refractivity contribution >= 4 is 34.4 Å². The molecule has 0 atom stereocenters. The van der Waals surface area contributed by atoms with E-state index in [9.17, 15) is 13.6 Å². The van der Waals surface area contributed by atoms with Gasteiger partial charge in [0.15, 0.2) is 11.6 Å². The lowest BCUT2D eigenvalue weighted by Crippen LogP contribution is -2.18. The molecule has 0 aliphatic rings. The number of benzene rings is 1. The van der Waals surface area contributed by atoms with Crippen molar-refractivity contribution in [2.24, 2.45) is 0 Å². The molecule has 0 saturated heterocycles. The zero-order chi connectivity index (χ0) is 22.8. The summed E-state index contributed by atoms with van der Waals surface area (Å²) in [5.74, 6) is -1.39. The van der Waals surface area contributed by atoms with Gasteiger partial charge >= 0.3 is 6.09 Å². The Hall–Kier alpha value is -4.35. The summed E-state index contributed by atoms with van der Waals surface area (Å²) >= 11 is 0. The second-order valence-corrected chi connectivity index (χ2v) is 6.66. The lowest BCUT2D eigenvalue weighted by atomic mass is 10.1. The first-order chi connectivity index (χ1) is 15.4. The van der Waals surface area contributed by atoms with E-state index in [0.29, 0.717) is 16.8 Å². The zero-order valence-corrected chi connectivity index (χ0v) is 16.8. The van der Waals surface area contributed by atoms with Crippen molar-refractivity contribution in [3.63, 3.8) is 0 Å². The number of fused-ring (bicyclic) bond motifs is 1. The number of nitrogens with zero attached hydrogens (tertiary/aromatic N) is 5. The lowest BCUT2D eigenvalue weighted by Gasteiger charge is -2.11. The summed E-state index contributed by atoms with van der Waals surface area (Å²) < 4.78 is 34.1. The summed E-state index contributed by atoms with van der Waals surface area (Å²) in [4.78, 5) is 24.0. The standard InChI is InChI=1S/C20H18F2N8O2/c1-2-32-20(31)26-16-17(23)27-19(28-18(16)24)30-14-8-11(21)9-25-15(14)13(29-30)7-10-5-3-4-6-12(10)22/h3-6,8-9H,2,7H2,1H3,(H,26,31)(H4,23,24,27,28). The molecule has 0 bridgehead atoms. The molecule has 3 aromatic heterocycles. The Morgan fingerprint density at radius 1 is 1.19 bits per heavy atom. The summed E-state index contributed by atoms with van der Waals surface area (Å²) in [6, 6.07) is 7.42. The molecule has 1 amide bonds. The number of amides is 1. The highest BCUT2D eigenvalue weighted by Gasteiger charge is 2.20. The number of carbonyl (C=O) groups excluding carboxylic acids is 1. The monoisotopic (exact) mass is 440 g/mol. The molecule has 0 saturated carbocycles. The highest BCUT2D eigenvalue weighted by atomic mass is 19.1. The summed E-state index contributed by atoms with van der Waals surface area (Å²) in [6.07, 6.45) is 0.363. The Balaban J connectivity index is 1.80. The molecule has 0 spiro atoms. The van der Waals surface area contributed by atoms with Crippen molar-refractivity contribution in [2.75, 3.05) is 23.4 Å². The number of anilines is 3. The molecule has 32 heavy (non-hydrogen) atoms. The highest BCUT2D eigenvalue weighted by molar-refractivity contribution is 5.92. The number of nitrogens with two attached hydrogens (primary N) is 2. The molecule has 0 fully saturated rings. The number of hydrogen-bond acceptors (Lipinski definition) is 8. The van der Waals surface area contributed by atoms with Gasteiger partial charge in [-0.2, -0.15) is 19.7 Å². The number of carbonyl (C=O) groups is 1. The fourth-order valence-corrected chi connectivity index (χ4v) is 3.10. The Morgan fingerprint density at radius 3 is 2.59 bits per heavy atom. The molecular weight excluding hydrogens is 422 g/mol. The van der Waals surface area contributed by atoms with Gasteiger partial charge in [0.1, 0.15) is 22.8 Å². The molecule has 10 nitrogen and oxygen atoms in total. The average Bonchev–Trinajstić information content (AvgIpc) is 3.10. The van der Waals surface area contributed by atoms with Crippen LogP contribution in [-0.2, 0) is 11.2 Å². The van der Waals surface area contributed by atoms with Crippen LogP contribution in [0.5, 0.6) is 0 Å². The van der Waals surface area contributed by atoms with Crippen LogP contribution in [0.2, 0.25) is 0 Å². The number of hydrogen-bond donors (Lipinski definition) is 3. The highest BCUT2D eigenvalue weighted by Crippen LogP contribution is 2.27. The van der Waals surface area contributed by atoms with Crippen LogP contribution in [0.15, 0.2) is 36.5 Å². The topological polar surface area (TPSA) is 147 Å². The van der Waals surface area contributed by atoms with E-state index in [1.54, 1.807) is 25.1 Å². The van der Waals surface area contributed by atoms with Crippen molar-refractivity contribution in [2.45, 2.75) is 13.3 Å². The molecule has 3 heterocycles. The SMILES string of the molecule is CCOC(=O)Nc1c(N)nc(-n2nc(Cc3ccccc3F)c3ncc(F)cc32)nc1N.